The summed E-state index contributed by atoms with van der Waals surface area (Å²) in [4.78, 5) is 0. The molecule has 0 bridgehead atoms. The van der Waals surface area contributed by atoms with E-state index in [-0.39, 0.29) is 51.4 Å². The Balaban J connectivity index is 0. The Morgan fingerprint density at radius 2 is 1.82 bits per heavy atom. The van der Waals surface area contributed by atoms with E-state index in [0.29, 0.717) is 0 Å². The van der Waals surface area contributed by atoms with Crippen molar-refractivity contribution in [2.45, 2.75) is 26.2 Å². The Bertz CT molecular complexity index is 54.1. The fourth-order valence-corrected chi connectivity index (χ4v) is 0.673. The number of rotatable bonds is 7. The van der Waals surface area contributed by atoms with Gasteiger partial charge in [0.25, 0.3) is 0 Å². The van der Waals surface area contributed by atoms with E-state index in [1.807, 2.05) is 7.05 Å². The molecular formula is C8H18KNO. The second-order valence-electron chi connectivity index (χ2n) is 2.36. The van der Waals surface area contributed by atoms with Crippen molar-refractivity contribution in [2.24, 2.45) is 0 Å². The standard InChI is InChI=1S/C8H18NO.K/c1-3-4-7-10-8-5-6-9-2;/h3-8H2,1-2H3;/q-1;+1. The van der Waals surface area contributed by atoms with Gasteiger partial charge in [-0.15, -0.1) is 6.54 Å². The molecule has 0 spiro atoms. The van der Waals surface area contributed by atoms with Crippen molar-refractivity contribution in [3.63, 3.8) is 0 Å². The van der Waals surface area contributed by atoms with E-state index in [2.05, 4.69) is 12.2 Å². The molecule has 3 heteroatoms. The number of unbranched alkanes of at least 4 members (excludes halogenated alkanes) is 1. The Hall–Kier alpha value is 1.56. The monoisotopic (exact) mass is 183 g/mol. The largest absolute Gasteiger partial charge is 1.00 e. The molecule has 0 aliphatic rings. The zero-order chi connectivity index (χ0) is 7.66. The fraction of sp³-hybridized carbons (Fsp3) is 1.00. The van der Waals surface area contributed by atoms with Crippen LogP contribution >= 0.6 is 0 Å². The molecule has 0 aromatic rings. The molecule has 0 N–H and O–H groups in total. The van der Waals surface area contributed by atoms with Crippen molar-refractivity contribution in [2.75, 3.05) is 26.8 Å². The minimum Gasteiger partial charge on any atom is -0.665 e. The summed E-state index contributed by atoms with van der Waals surface area (Å²) in [5.74, 6) is 0. The maximum Gasteiger partial charge on any atom is 1.00 e. The third kappa shape index (κ3) is 14.4. The average Bonchev–Trinajstić information content (AvgIpc) is 1.97. The van der Waals surface area contributed by atoms with Crippen LogP contribution in [0.25, 0.3) is 5.32 Å². The summed E-state index contributed by atoms with van der Waals surface area (Å²) < 4.78 is 5.32. The van der Waals surface area contributed by atoms with Crippen molar-refractivity contribution in [1.29, 1.82) is 0 Å². The minimum atomic E-state index is 0. The van der Waals surface area contributed by atoms with Gasteiger partial charge in [-0.25, -0.2) is 0 Å². The molecule has 11 heavy (non-hydrogen) atoms. The second-order valence-corrected chi connectivity index (χ2v) is 2.36. The van der Waals surface area contributed by atoms with Gasteiger partial charge in [-0.3, -0.25) is 0 Å². The van der Waals surface area contributed by atoms with Crippen LogP contribution in [0.5, 0.6) is 0 Å². The molecule has 0 amide bonds. The van der Waals surface area contributed by atoms with Crippen LogP contribution in [0.1, 0.15) is 26.2 Å². The summed E-state index contributed by atoms with van der Waals surface area (Å²) in [5.41, 5.74) is 0. The van der Waals surface area contributed by atoms with Crippen molar-refractivity contribution >= 4 is 0 Å². The predicted molar refractivity (Wildman–Crippen MR) is 44.5 cm³/mol. The van der Waals surface area contributed by atoms with Gasteiger partial charge in [0.05, 0.1) is 0 Å². The molecule has 0 unspecified atom stereocenters. The molecule has 0 heterocycles. The van der Waals surface area contributed by atoms with Crippen LogP contribution in [0, 0.1) is 0 Å². The van der Waals surface area contributed by atoms with Gasteiger partial charge in [0, 0.05) is 13.2 Å². The van der Waals surface area contributed by atoms with Gasteiger partial charge < -0.3 is 10.1 Å². The SMILES string of the molecule is CCCCOCCC[N-]C.[K+]. The Morgan fingerprint density at radius 3 is 2.36 bits per heavy atom. The van der Waals surface area contributed by atoms with Crippen LogP contribution in [0.4, 0.5) is 0 Å². The number of hydrogen-bond donors (Lipinski definition) is 0. The Morgan fingerprint density at radius 1 is 1.18 bits per heavy atom. The van der Waals surface area contributed by atoms with E-state index in [9.17, 15) is 0 Å². The van der Waals surface area contributed by atoms with Crippen molar-refractivity contribution in [3.8, 4) is 0 Å². The van der Waals surface area contributed by atoms with Gasteiger partial charge in [-0.2, -0.15) is 7.05 Å². The Kier molecular flexibility index (Phi) is 19.3. The summed E-state index contributed by atoms with van der Waals surface area (Å²) in [6.07, 6.45) is 3.47. The molecular weight excluding hydrogens is 165 g/mol. The topological polar surface area (TPSA) is 23.3 Å². The van der Waals surface area contributed by atoms with Gasteiger partial charge in [0.2, 0.25) is 0 Å². The quantitative estimate of drug-likeness (QED) is 0.374. The fourth-order valence-electron chi connectivity index (χ4n) is 0.673. The molecule has 0 rings (SSSR count). The molecule has 0 fully saturated rings. The molecule has 0 radical (unpaired) electrons. The summed E-state index contributed by atoms with van der Waals surface area (Å²) >= 11 is 0. The first-order valence-electron chi connectivity index (χ1n) is 4.05. The molecule has 0 saturated carbocycles. The summed E-state index contributed by atoms with van der Waals surface area (Å²) in [5, 5.41) is 3.97. The number of ether oxygens (including phenoxy) is 1. The Labute approximate surface area is 113 Å². The average molecular weight is 183 g/mol. The van der Waals surface area contributed by atoms with Crippen LogP contribution < -0.4 is 51.4 Å². The van der Waals surface area contributed by atoms with Crippen LogP contribution in [0.2, 0.25) is 0 Å². The van der Waals surface area contributed by atoms with Crippen molar-refractivity contribution < 1.29 is 56.1 Å². The van der Waals surface area contributed by atoms with Crippen molar-refractivity contribution in [1.82, 2.24) is 0 Å². The molecule has 0 aliphatic carbocycles. The van der Waals surface area contributed by atoms with Gasteiger partial charge in [-0.1, -0.05) is 13.3 Å². The van der Waals surface area contributed by atoms with E-state index < -0.39 is 0 Å². The van der Waals surface area contributed by atoms with Gasteiger partial charge in [0.1, 0.15) is 0 Å². The summed E-state index contributed by atoms with van der Waals surface area (Å²) in [6, 6.07) is 0. The zero-order valence-electron chi connectivity index (χ0n) is 8.10. The van der Waals surface area contributed by atoms with E-state index in [1.54, 1.807) is 0 Å². The minimum absolute atomic E-state index is 0. The normalized spacial score (nSPS) is 9.27. The first-order valence-corrected chi connectivity index (χ1v) is 4.05. The van der Waals surface area contributed by atoms with Gasteiger partial charge in [-0.05, 0) is 12.8 Å². The van der Waals surface area contributed by atoms with Crippen molar-refractivity contribution in [3.05, 3.63) is 5.32 Å². The summed E-state index contributed by atoms with van der Waals surface area (Å²) in [6.45, 7) is 4.90. The first-order chi connectivity index (χ1) is 4.91. The smallest absolute Gasteiger partial charge is 0.665 e. The molecule has 62 valence electrons. The van der Waals surface area contributed by atoms with Crippen LogP contribution in [0.15, 0.2) is 0 Å². The molecule has 0 aromatic heterocycles. The van der Waals surface area contributed by atoms with Crippen LogP contribution in [-0.4, -0.2) is 26.8 Å². The van der Waals surface area contributed by atoms with Gasteiger partial charge in [0.15, 0.2) is 0 Å². The van der Waals surface area contributed by atoms with E-state index in [1.165, 1.54) is 12.8 Å². The molecule has 0 atom stereocenters. The maximum absolute atomic E-state index is 5.32. The molecule has 0 aliphatic heterocycles. The van der Waals surface area contributed by atoms with E-state index >= 15 is 0 Å². The number of nitrogens with zero attached hydrogens (tertiary/aromatic N) is 1. The maximum atomic E-state index is 5.32. The van der Waals surface area contributed by atoms with Crippen LogP contribution in [0.3, 0.4) is 0 Å². The van der Waals surface area contributed by atoms with Crippen LogP contribution in [-0.2, 0) is 4.74 Å². The molecule has 0 aromatic carbocycles. The van der Waals surface area contributed by atoms with E-state index in [4.69, 9.17) is 4.74 Å². The molecule has 0 saturated heterocycles. The third-order valence-corrected chi connectivity index (χ3v) is 1.31. The molecule has 2 nitrogen and oxygen atoms in total. The first kappa shape index (κ1) is 15.0. The zero-order valence-corrected chi connectivity index (χ0v) is 11.2. The number of hydrogen-bond acceptors (Lipinski definition) is 1. The second kappa shape index (κ2) is 14.1. The third-order valence-electron chi connectivity index (χ3n) is 1.31. The summed E-state index contributed by atoms with van der Waals surface area (Å²) in [7, 11) is 1.84. The van der Waals surface area contributed by atoms with Gasteiger partial charge >= 0.3 is 51.4 Å². The predicted octanol–water partition coefficient (Wildman–Crippen LogP) is -0.799. The van der Waals surface area contributed by atoms with E-state index in [0.717, 1.165) is 26.2 Å².